The Morgan fingerprint density at radius 1 is 1.07 bits per heavy atom. The lowest BCUT2D eigenvalue weighted by atomic mass is 10.1. The zero-order valence-corrected chi connectivity index (χ0v) is 9.12. The van der Waals surface area contributed by atoms with Crippen molar-refractivity contribution in [2.24, 2.45) is 5.92 Å². The first-order chi connectivity index (χ1) is 6.56. The molecule has 0 aromatic carbocycles. The summed E-state index contributed by atoms with van der Waals surface area (Å²) in [4.78, 5) is 22.0. The second-order valence-corrected chi connectivity index (χ2v) is 3.60. The van der Waals surface area contributed by atoms with Crippen LogP contribution in [-0.4, -0.2) is 11.6 Å². The molecule has 0 atom stereocenters. The molecule has 0 radical (unpaired) electrons. The van der Waals surface area contributed by atoms with Crippen molar-refractivity contribution in [3.05, 3.63) is 24.3 Å². The summed E-state index contributed by atoms with van der Waals surface area (Å²) in [6, 6.07) is 0. The Morgan fingerprint density at radius 3 is 2.00 bits per heavy atom. The molecule has 0 unspecified atom stereocenters. The van der Waals surface area contributed by atoms with Gasteiger partial charge in [-0.2, -0.15) is 0 Å². The van der Waals surface area contributed by atoms with Crippen LogP contribution in [0.3, 0.4) is 0 Å². The van der Waals surface area contributed by atoms with Crippen LogP contribution in [0.5, 0.6) is 0 Å². The molecule has 0 aromatic heterocycles. The minimum Gasteiger partial charge on any atom is -0.295 e. The molecule has 14 heavy (non-hydrogen) atoms. The van der Waals surface area contributed by atoms with Gasteiger partial charge in [0.15, 0.2) is 11.6 Å². The van der Waals surface area contributed by atoms with E-state index in [9.17, 15) is 9.59 Å². The van der Waals surface area contributed by atoms with Gasteiger partial charge in [0.25, 0.3) is 0 Å². The molecule has 0 bridgehead atoms. The number of carbonyl (C=O) groups is 2. The number of hydrogen-bond donors (Lipinski definition) is 0. The van der Waals surface area contributed by atoms with Crippen molar-refractivity contribution in [1.82, 2.24) is 0 Å². The Bertz CT molecular complexity index is 247. The summed E-state index contributed by atoms with van der Waals surface area (Å²) >= 11 is 0. The van der Waals surface area contributed by atoms with Gasteiger partial charge in [0, 0.05) is 12.8 Å². The number of hydrogen-bond acceptors (Lipinski definition) is 2. The van der Waals surface area contributed by atoms with Gasteiger partial charge in [-0.15, -0.1) is 0 Å². The van der Waals surface area contributed by atoms with E-state index in [1.54, 1.807) is 19.1 Å². The largest absolute Gasteiger partial charge is 0.295 e. The Balaban J connectivity index is 3.88. The molecule has 0 aliphatic heterocycles. The second kappa shape index (κ2) is 7.25. The quantitative estimate of drug-likeness (QED) is 0.481. The van der Waals surface area contributed by atoms with Crippen molar-refractivity contribution in [1.29, 1.82) is 0 Å². The summed E-state index contributed by atoms with van der Waals surface area (Å²) in [5.74, 6) is 0.563. The Hall–Kier alpha value is -1.18. The normalized spacial score (nSPS) is 11.7. The van der Waals surface area contributed by atoms with Crippen LogP contribution in [0.15, 0.2) is 24.3 Å². The van der Waals surface area contributed by atoms with Gasteiger partial charge in [-0.25, -0.2) is 0 Å². The van der Waals surface area contributed by atoms with Crippen LogP contribution in [0.25, 0.3) is 0 Å². The molecule has 78 valence electrons. The molecule has 0 N–H and O–H groups in total. The maximum absolute atomic E-state index is 11.2. The monoisotopic (exact) mass is 194 g/mol. The highest BCUT2D eigenvalue weighted by molar-refractivity contribution is 5.91. The van der Waals surface area contributed by atoms with E-state index in [-0.39, 0.29) is 11.6 Å². The van der Waals surface area contributed by atoms with Crippen LogP contribution in [0, 0.1) is 5.92 Å². The average Bonchev–Trinajstić information content (AvgIpc) is 2.10. The Kier molecular flexibility index (Phi) is 6.63. The highest BCUT2D eigenvalue weighted by Crippen LogP contribution is 2.00. The Morgan fingerprint density at radius 2 is 1.57 bits per heavy atom. The van der Waals surface area contributed by atoms with Crippen LogP contribution in [-0.2, 0) is 9.59 Å². The fourth-order valence-electron chi connectivity index (χ4n) is 0.914. The standard InChI is InChI=1S/C12H18O2/c1-4-11(13)7-5-6-8-12(14)9-10(2)3/h5-8,10H,4,9H2,1-3H3/b7-5+,8-6-. The van der Waals surface area contributed by atoms with Gasteiger partial charge in [0.05, 0.1) is 0 Å². The SMILES string of the molecule is CCC(=O)/C=C/C=C\C(=O)CC(C)C. The molecule has 0 saturated carbocycles. The first-order valence-corrected chi connectivity index (χ1v) is 4.96. The molecule has 0 rings (SSSR count). The highest BCUT2D eigenvalue weighted by atomic mass is 16.1. The van der Waals surface area contributed by atoms with Gasteiger partial charge < -0.3 is 0 Å². The number of ketones is 2. The predicted molar refractivity (Wildman–Crippen MR) is 58.0 cm³/mol. The van der Waals surface area contributed by atoms with Crippen LogP contribution >= 0.6 is 0 Å². The van der Waals surface area contributed by atoms with Crippen molar-refractivity contribution in [2.75, 3.05) is 0 Å². The molecule has 0 aromatic rings. The smallest absolute Gasteiger partial charge is 0.155 e. The number of carbonyl (C=O) groups excluding carboxylic acids is 2. The Labute approximate surface area is 85.7 Å². The summed E-state index contributed by atoms with van der Waals surface area (Å²) in [6.45, 7) is 5.81. The van der Waals surface area contributed by atoms with E-state index in [4.69, 9.17) is 0 Å². The second-order valence-electron chi connectivity index (χ2n) is 3.60. The van der Waals surface area contributed by atoms with Gasteiger partial charge in [-0.1, -0.05) is 32.9 Å². The zero-order valence-electron chi connectivity index (χ0n) is 9.12. The average molecular weight is 194 g/mol. The van der Waals surface area contributed by atoms with Gasteiger partial charge in [0.2, 0.25) is 0 Å². The summed E-state index contributed by atoms with van der Waals surface area (Å²) in [7, 11) is 0. The van der Waals surface area contributed by atoms with E-state index in [1.165, 1.54) is 12.2 Å². The summed E-state index contributed by atoms with van der Waals surface area (Å²) < 4.78 is 0. The lowest BCUT2D eigenvalue weighted by Gasteiger charge is -1.97. The third-order valence-corrected chi connectivity index (χ3v) is 1.63. The van der Waals surface area contributed by atoms with Crippen molar-refractivity contribution < 1.29 is 9.59 Å². The van der Waals surface area contributed by atoms with Crippen LogP contribution in [0.4, 0.5) is 0 Å². The van der Waals surface area contributed by atoms with Gasteiger partial charge in [-0.05, 0) is 18.1 Å². The first kappa shape index (κ1) is 12.8. The van der Waals surface area contributed by atoms with E-state index >= 15 is 0 Å². The fourth-order valence-corrected chi connectivity index (χ4v) is 0.914. The molecule has 0 aliphatic carbocycles. The molecule has 0 saturated heterocycles. The lowest BCUT2D eigenvalue weighted by molar-refractivity contribution is -0.115. The summed E-state index contributed by atoms with van der Waals surface area (Å²) in [6.07, 6.45) is 7.30. The highest BCUT2D eigenvalue weighted by Gasteiger charge is 1.99. The van der Waals surface area contributed by atoms with E-state index in [1.807, 2.05) is 13.8 Å². The minimum absolute atomic E-state index is 0.0750. The van der Waals surface area contributed by atoms with E-state index < -0.39 is 0 Å². The third-order valence-electron chi connectivity index (χ3n) is 1.63. The molecular formula is C12H18O2. The fraction of sp³-hybridized carbons (Fsp3) is 0.500. The van der Waals surface area contributed by atoms with E-state index in [0.29, 0.717) is 18.8 Å². The molecule has 0 heterocycles. The van der Waals surface area contributed by atoms with E-state index in [2.05, 4.69) is 0 Å². The van der Waals surface area contributed by atoms with Crippen molar-refractivity contribution in [3.8, 4) is 0 Å². The number of rotatable bonds is 6. The van der Waals surface area contributed by atoms with Crippen molar-refractivity contribution in [3.63, 3.8) is 0 Å². The van der Waals surface area contributed by atoms with Crippen molar-refractivity contribution >= 4 is 11.6 Å². The topological polar surface area (TPSA) is 34.1 Å². The molecular weight excluding hydrogens is 176 g/mol. The number of allylic oxidation sites excluding steroid dienone is 4. The van der Waals surface area contributed by atoms with Crippen molar-refractivity contribution in [2.45, 2.75) is 33.6 Å². The zero-order chi connectivity index (χ0) is 11.0. The van der Waals surface area contributed by atoms with Crippen LogP contribution in [0.2, 0.25) is 0 Å². The van der Waals surface area contributed by atoms with Crippen LogP contribution in [0.1, 0.15) is 33.6 Å². The lowest BCUT2D eigenvalue weighted by Crippen LogP contribution is -1.98. The molecule has 0 spiro atoms. The molecule has 0 amide bonds. The predicted octanol–water partition coefficient (Wildman–Crippen LogP) is 2.69. The maximum atomic E-state index is 11.2. The molecule has 0 fully saturated rings. The summed E-state index contributed by atoms with van der Waals surface area (Å²) in [5, 5.41) is 0. The maximum Gasteiger partial charge on any atom is 0.155 e. The van der Waals surface area contributed by atoms with Crippen LogP contribution < -0.4 is 0 Å². The molecule has 0 aliphatic rings. The first-order valence-electron chi connectivity index (χ1n) is 4.96. The molecule has 2 nitrogen and oxygen atoms in total. The summed E-state index contributed by atoms with van der Waals surface area (Å²) in [5.41, 5.74) is 0. The van der Waals surface area contributed by atoms with E-state index in [0.717, 1.165) is 0 Å². The van der Waals surface area contributed by atoms with Gasteiger partial charge in [-0.3, -0.25) is 9.59 Å². The minimum atomic E-state index is 0.0750. The van der Waals surface area contributed by atoms with Gasteiger partial charge >= 0.3 is 0 Å². The third kappa shape index (κ3) is 7.47. The van der Waals surface area contributed by atoms with Gasteiger partial charge in [0.1, 0.15) is 0 Å². The molecule has 2 heteroatoms.